The second-order valence-corrected chi connectivity index (χ2v) is 2.87. The number of carbonyl (C=O) groups excluding carboxylic acids is 2. The number of Topliss-reactive ketones (excluding diaryl/α,β-unsaturated/α-hetero) is 1. The topological polar surface area (TPSA) is 67.2 Å². The van der Waals surface area contributed by atoms with Crippen molar-refractivity contribution in [3.8, 4) is 6.07 Å². The molecule has 0 aromatic heterocycles. The van der Waals surface area contributed by atoms with Gasteiger partial charge in [-0.3, -0.25) is 9.59 Å². The number of hydrogen-bond donors (Lipinski definition) is 0. The summed E-state index contributed by atoms with van der Waals surface area (Å²) < 4.78 is 4.38. The van der Waals surface area contributed by atoms with Crippen molar-refractivity contribution in [1.29, 1.82) is 5.26 Å². The van der Waals surface area contributed by atoms with E-state index < -0.39 is 5.97 Å². The number of rotatable bonds is 3. The summed E-state index contributed by atoms with van der Waals surface area (Å²) in [6.07, 6.45) is -0.275. The van der Waals surface area contributed by atoms with Crippen LogP contribution in [0.3, 0.4) is 0 Å². The van der Waals surface area contributed by atoms with Gasteiger partial charge in [0.05, 0.1) is 18.7 Å². The van der Waals surface area contributed by atoms with Crippen LogP contribution < -0.4 is 0 Å². The molecule has 0 unspecified atom stereocenters. The molecule has 0 saturated carbocycles. The molecular weight excluding hydrogens is 194 g/mol. The van der Waals surface area contributed by atoms with Crippen LogP contribution >= 0.6 is 0 Å². The van der Waals surface area contributed by atoms with E-state index in [1.807, 2.05) is 6.07 Å². The van der Waals surface area contributed by atoms with E-state index >= 15 is 0 Å². The average Bonchev–Trinajstić information content (AvgIpc) is 2.29. The molecule has 15 heavy (non-hydrogen) atoms. The molecule has 0 aliphatic carbocycles. The van der Waals surface area contributed by atoms with Crippen LogP contribution in [-0.2, 0) is 9.53 Å². The van der Waals surface area contributed by atoms with Crippen LogP contribution in [0.25, 0.3) is 0 Å². The molecular formula is C11H9NO3. The van der Waals surface area contributed by atoms with Gasteiger partial charge in [0, 0.05) is 5.56 Å². The molecule has 0 N–H and O–H groups in total. The minimum absolute atomic E-state index is 0.275. The lowest BCUT2D eigenvalue weighted by Crippen LogP contribution is -2.09. The second-order valence-electron chi connectivity index (χ2n) is 2.87. The van der Waals surface area contributed by atoms with Gasteiger partial charge in [0.1, 0.15) is 6.42 Å². The fourth-order valence-electron chi connectivity index (χ4n) is 1.04. The Hall–Kier alpha value is -2.15. The van der Waals surface area contributed by atoms with Gasteiger partial charge in [-0.25, -0.2) is 0 Å². The number of ether oxygens (including phenoxy) is 1. The standard InChI is InChI=1S/C11H9NO3/c1-15-11(14)6-10(13)9-4-2-8(7-12)3-5-9/h2-5H,6H2,1H3. The van der Waals surface area contributed by atoms with E-state index in [-0.39, 0.29) is 12.2 Å². The first-order valence-electron chi connectivity index (χ1n) is 4.27. The van der Waals surface area contributed by atoms with Gasteiger partial charge in [-0.05, 0) is 12.1 Å². The summed E-state index contributed by atoms with van der Waals surface area (Å²) in [5, 5.41) is 8.54. The Morgan fingerprint density at radius 1 is 1.33 bits per heavy atom. The number of methoxy groups -OCH3 is 1. The maximum atomic E-state index is 11.4. The van der Waals surface area contributed by atoms with Gasteiger partial charge in [-0.1, -0.05) is 12.1 Å². The lowest BCUT2D eigenvalue weighted by Gasteiger charge is -1.99. The molecule has 4 heteroatoms. The third-order valence-electron chi connectivity index (χ3n) is 1.87. The van der Waals surface area contributed by atoms with Gasteiger partial charge in [-0.15, -0.1) is 0 Å². The zero-order valence-electron chi connectivity index (χ0n) is 8.19. The SMILES string of the molecule is COC(=O)CC(=O)c1ccc(C#N)cc1. The number of esters is 1. The molecule has 0 amide bonds. The molecule has 1 rings (SSSR count). The Bertz CT molecular complexity index is 414. The van der Waals surface area contributed by atoms with E-state index in [1.54, 1.807) is 0 Å². The van der Waals surface area contributed by atoms with Crippen LogP contribution in [0, 0.1) is 11.3 Å². The monoisotopic (exact) mass is 203 g/mol. The summed E-state index contributed by atoms with van der Waals surface area (Å²) in [5.41, 5.74) is 0.879. The molecule has 0 radical (unpaired) electrons. The van der Waals surface area contributed by atoms with E-state index in [1.165, 1.54) is 31.4 Å². The van der Waals surface area contributed by atoms with Crippen LogP contribution in [0.5, 0.6) is 0 Å². The number of hydrogen-bond acceptors (Lipinski definition) is 4. The summed E-state index contributed by atoms with van der Waals surface area (Å²) in [7, 11) is 1.23. The number of nitrogens with zero attached hydrogens (tertiary/aromatic N) is 1. The molecule has 0 heterocycles. The van der Waals surface area contributed by atoms with Crippen LogP contribution in [0.1, 0.15) is 22.3 Å². The van der Waals surface area contributed by atoms with Crippen molar-refractivity contribution < 1.29 is 14.3 Å². The fourth-order valence-corrected chi connectivity index (χ4v) is 1.04. The molecule has 0 saturated heterocycles. The zero-order chi connectivity index (χ0) is 11.3. The van der Waals surface area contributed by atoms with Crippen molar-refractivity contribution in [1.82, 2.24) is 0 Å². The number of nitriles is 1. The lowest BCUT2D eigenvalue weighted by molar-refractivity contribution is -0.139. The highest BCUT2D eigenvalue weighted by molar-refractivity contribution is 6.05. The summed E-state index contributed by atoms with van der Waals surface area (Å²) >= 11 is 0. The third kappa shape index (κ3) is 2.92. The average molecular weight is 203 g/mol. The first kappa shape index (κ1) is 10.9. The quantitative estimate of drug-likeness (QED) is 0.422. The van der Waals surface area contributed by atoms with Crippen LogP contribution in [0.2, 0.25) is 0 Å². The highest BCUT2D eigenvalue weighted by Gasteiger charge is 2.11. The van der Waals surface area contributed by atoms with Crippen LogP contribution in [0.4, 0.5) is 0 Å². The van der Waals surface area contributed by atoms with E-state index in [2.05, 4.69) is 4.74 Å². The van der Waals surface area contributed by atoms with Crippen molar-refractivity contribution in [2.24, 2.45) is 0 Å². The summed E-state index contributed by atoms with van der Waals surface area (Å²) in [6, 6.07) is 8.04. The first-order chi connectivity index (χ1) is 7.17. The van der Waals surface area contributed by atoms with Crippen LogP contribution in [0.15, 0.2) is 24.3 Å². The highest BCUT2D eigenvalue weighted by Crippen LogP contribution is 2.06. The smallest absolute Gasteiger partial charge is 0.313 e. The molecule has 1 aromatic rings. The first-order valence-corrected chi connectivity index (χ1v) is 4.27. The normalized spacial score (nSPS) is 9.07. The van der Waals surface area contributed by atoms with Crippen molar-refractivity contribution in [3.63, 3.8) is 0 Å². The maximum absolute atomic E-state index is 11.4. The molecule has 0 spiro atoms. The van der Waals surface area contributed by atoms with Gasteiger partial charge in [0.15, 0.2) is 5.78 Å². The van der Waals surface area contributed by atoms with E-state index in [0.29, 0.717) is 11.1 Å². The van der Waals surface area contributed by atoms with E-state index in [9.17, 15) is 9.59 Å². The van der Waals surface area contributed by atoms with Crippen LogP contribution in [-0.4, -0.2) is 18.9 Å². The van der Waals surface area contributed by atoms with E-state index in [0.717, 1.165) is 0 Å². The van der Waals surface area contributed by atoms with Crippen molar-refractivity contribution >= 4 is 11.8 Å². The van der Waals surface area contributed by atoms with Gasteiger partial charge in [0.25, 0.3) is 0 Å². The van der Waals surface area contributed by atoms with Crippen molar-refractivity contribution in [3.05, 3.63) is 35.4 Å². The molecule has 76 valence electrons. The highest BCUT2D eigenvalue weighted by atomic mass is 16.5. The predicted octanol–water partition coefficient (Wildman–Crippen LogP) is 1.30. The molecule has 0 atom stereocenters. The lowest BCUT2D eigenvalue weighted by atomic mass is 10.1. The summed E-state index contributed by atoms with van der Waals surface area (Å²) in [6.45, 7) is 0. The fraction of sp³-hybridized carbons (Fsp3) is 0.182. The second kappa shape index (κ2) is 4.91. The molecule has 1 aromatic carbocycles. The Balaban J connectivity index is 2.75. The Kier molecular flexibility index (Phi) is 3.58. The van der Waals surface area contributed by atoms with Gasteiger partial charge < -0.3 is 4.74 Å². The molecule has 0 fully saturated rings. The minimum Gasteiger partial charge on any atom is -0.469 e. The third-order valence-corrected chi connectivity index (χ3v) is 1.87. The van der Waals surface area contributed by atoms with Gasteiger partial charge in [0.2, 0.25) is 0 Å². The van der Waals surface area contributed by atoms with Crippen molar-refractivity contribution in [2.75, 3.05) is 7.11 Å². The van der Waals surface area contributed by atoms with Gasteiger partial charge >= 0.3 is 5.97 Å². The Labute approximate surface area is 87.1 Å². The largest absolute Gasteiger partial charge is 0.469 e. The number of carbonyl (C=O) groups is 2. The summed E-state index contributed by atoms with van der Waals surface area (Å²) in [4.78, 5) is 22.3. The maximum Gasteiger partial charge on any atom is 0.313 e. The number of benzene rings is 1. The predicted molar refractivity (Wildman–Crippen MR) is 52.1 cm³/mol. The zero-order valence-corrected chi connectivity index (χ0v) is 8.19. The Morgan fingerprint density at radius 3 is 2.40 bits per heavy atom. The van der Waals surface area contributed by atoms with Crippen molar-refractivity contribution in [2.45, 2.75) is 6.42 Å². The molecule has 0 aliphatic rings. The number of ketones is 1. The minimum atomic E-state index is -0.565. The Morgan fingerprint density at radius 2 is 1.93 bits per heavy atom. The van der Waals surface area contributed by atoms with Gasteiger partial charge in [-0.2, -0.15) is 5.26 Å². The molecule has 4 nitrogen and oxygen atoms in total. The molecule has 0 bridgehead atoms. The molecule has 0 aliphatic heterocycles. The summed E-state index contributed by atoms with van der Waals surface area (Å²) in [5.74, 6) is -0.879. The van der Waals surface area contributed by atoms with E-state index in [4.69, 9.17) is 5.26 Å².